The summed E-state index contributed by atoms with van der Waals surface area (Å²) in [4.78, 5) is 15.3. The molecule has 0 fully saturated rings. The fraction of sp³-hybridized carbons (Fsp3) is 0.176. The van der Waals surface area contributed by atoms with Crippen LogP contribution >= 0.6 is 11.6 Å². The maximum Gasteiger partial charge on any atom is 0.331 e. The van der Waals surface area contributed by atoms with E-state index in [0.717, 1.165) is 5.56 Å². The Morgan fingerprint density at radius 2 is 2.12 bits per heavy atom. The van der Waals surface area contributed by atoms with Gasteiger partial charge in [0.25, 0.3) is 10.0 Å². The topological polar surface area (TPSA) is 87.6 Å². The number of rotatable bonds is 4. The number of halogens is 1. The van der Waals surface area contributed by atoms with Gasteiger partial charge in [0, 0.05) is 23.3 Å². The zero-order chi connectivity index (χ0) is 18.2. The van der Waals surface area contributed by atoms with Crippen molar-refractivity contribution in [3.05, 3.63) is 58.3 Å². The Morgan fingerprint density at radius 1 is 1.36 bits per heavy atom. The fourth-order valence-electron chi connectivity index (χ4n) is 2.64. The van der Waals surface area contributed by atoms with Gasteiger partial charge >= 0.3 is 5.97 Å². The summed E-state index contributed by atoms with van der Waals surface area (Å²) in [5, 5.41) is 9.29. The van der Waals surface area contributed by atoms with Crippen molar-refractivity contribution in [1.29, 1.82) is 0 Å². The molecule has 0 saturated heterocycles. The molecule has 25 heavy (non-hydrogen) atoms. The normalized spacial score (nSPS) is 14.5. The summed E-state index contributed by atoms with van der Waals surface area (Å²) in [5.41, 5.74) is 1.57. The molecule has 1 aromatic heterocycles. The molecule has 1 N–H and O–H groups in total. The quantitative estimate of drug-likeness (QED) is 0.826. The molecule has 0 bridgehead atoms. The van der Waals surface area contributed by atoms with E-state index in [4.69, 9.17) is 16.7 Å². The summed E-state index contributed by atoms with van der Waals surface area (Å²) in [6, 6.07) is 7.86. The highest BCUT2D eigenvalue weighted by atomic mass is 35.5. The fourth-order valence-corrected chi connectivity index (χ4v) is 4.40. The lowest BCUT2D eigenvalue weighted by Gasteiger charge is -2.18. The van der Waals surface area contributed by atoms with Crippen molar-refractivity contribution < 1.29 is 18.3 Å². The minimum absolute atomic E-state index is 0.111. The summed E-state index contributed by atoms with van der Waals surface area (Å²) in [5.74, 6) is -0.643. The van der Waals surface area contributed by atoms with E-state index in [9.17, 15) is 13.2 Å². The molecular formula is C17H15ClN2O4S. The number of anilines is 1. The van der Waals surface area contributed by atoms with Gasteiger partial charge in [-0.25, -0.2) is 22.5 Å². The van der Waals surface area contributed by atoms with Crippen molar-refractivity contribution in [1.82, 2.24) is 4.98 Å². The van der Waals surface area contributed by atoms with E-state index in [1.54, 1.807) is 18.2 Å². The predicted molar refractivity (Wildman–Crippen MR) is 95.2 cm³/mol. The van der Waals surface area contributed by atoms with E-state index in [0.29, 0.717) is 22.8 Å². The van der Waals surface area contributed by atoms with Crippen LogP contribution in [0.1, 0.15) is 18.1 Å². The maximum absolute atomic E-state index is 12.8. The molecular weight excluding hydrogens is 364 g/mol. The summed E-state index contributed by atoms with van der Waals surface area (Å²) in [6.07, 6.45) is 3.48. The molecule has 0 saturated carbocycles. The van der Waals surface area contributed by atoms with E-state index in [1.807, 2.05) is 0 Å². The Kier molecular flexibility index (Phi) is 4.53. The van der Waals surface area contributed by atoms with Crippen LogP contribution in [0.25, 0.3) is 6.08 Å². The number of sulfonamides is 1. The van der Waals surface area contributed by atoms with Gasteiger partial charge in [-0.05, 0) is 54.8 Å². The van der Waals surface area contributed by atoms with Crippen LogP contribution in [-0.2, 0) is 21.2 Å². The van der Waals surface area contributed by atoms with Crippen molar-refractivity contribution in [2.75, 3.05) is 10.8 Å². The number of pyridine rings is 1. The van der Waals surface area contributed by atoms with Gasteiger partial charge < -0.3 is 5.11 Å². The molecule has 1 aromatic carbocycles. The second-order valence-electron chi connectivity index (χ2n) is 5.67. The van der Waals surface area contributed by atoms with E-state index in [1.165, 1.54) is 35.6 Å². The first-order chi connectivity index (χ1) is 11.8. The Bertz CT molecular complexity index is 986. The minimum atomic E-state index is -3.75. The molecule has 0 amide bonds. The number of carboxylic acids is 1. The van der Waals surface area contributed by atoms with Gasteiger partial charge in [-0.3, -0.25) is 0 Å². The molecule has 0 unspecified atom stereocenters. The van der Waals surface area contributed by atoms with Crippen LogP contribution in [0, 0.1) is 0 Å². The number of carbonyl (C=O) groups is 1. The van der Waals surface area contributed by atoms with Gasteiger partial charge in [0.2, 0.25) is 0 Å². The third kappa shape index (κ3) is 3.38. The van der Waals surface area contributed by atoms with E-state index in [2.05, 4.69) is 4.98 Å². The number of hydrogen-bond donors (Lipinski definition) is 1. The van der Waals surface area contributed by atoms with E-state index < -0.39 is 16.0 Å². The van der Waals surface area contributed by atoms with Crippen molar-refractivity contribution in [3.8, 4) is 0 Å². The lowest BCUT2D eigenvalue weighted by molar-refractivity contribution is -0.132. The monoisotopic (exact) mass is 378 g/mol. The van der Waals surface area contributed by atoms with Gasteiger partial charge in [0.15, 0.2) is 0 Å². The third-order valence-corrected chi connectivity index (χ3v) is 5.91. The molecule has 1 aliphatic rings. The third-order valence-electron chi connectivity index (χ3n) is 3.89. The molecule has 0 spiro atoms. The largest absolute Gasteiger partial charge is 0.478 e. The Hall–Kier alpha value is -2.38. The van der Waals surface area contributed by atoms with E-state index in [-0.39, 0.29) is 17.0 Å². The highest BCUT2D eigenvalue weighted by molar-refractivity contribution is 7.92. The van der Waals surface area contributed by atoms with Crippen molar-refractivity contribution >= 4 is 39.5 Å². The molecule has 0 radical (unpaired) electrons. The van der Waals surface area contributed by atoms with Crippen LogP contribution in [0.15, 0.2) is 47.0 Å². The van der Waals surface area contributed by atoms with Crippen LogP contribution in [0.2, 0.25) is 5.02 Å². The standard InChI is InChI=1S/C17H15ClN2O4S/c1-11(17(21)22)7-12-8-13-5-6-20(16(13)19-10-12)25(23,24)15-4-2-3-14(18)9-15/h2-4,7-10H,5-6H2,1H3,(H,21,22). The second kappa shape index (κ2) is 6.50. The average Bonchev–Trinajstić information content (AvgIpc) is 2.98. The van der Waals surface area contributed by atoms with Crippen molar-refractivity contribution in [2.24, 2.45) is 0 Å². The molecule has 2 aromatic rings. The molecule has 8 heteroatoms. The summed E-state index contributed by atoms with van der Waals surface area (Å²) >= 11 is 5.90. The van der Waals surface area contributed by atoms with Crippen LogP contribution in [-0.4, -0.2) is 31.0 Å². The maximum atomic E-state index is 12.8. The zero-order valence-corrected chi connectivity index (χ0v) is 14.9. The number of nitrogens with zero attached hydrogens (tertiary/aromatic N) is 2. The van der Waals surface area contributed by atoms with Crippen LogP contribution in [0.4, 0.5) is 5.82 Å². The molecule has 6 nitrogen and oxygen atoms in total. The number of aliphatic carboxylic acids is 1. The van der Waals surface area contributed by atoms with Crippen LogP contribution in [0.5, 0.6) is 0 Å². The molecule has 130 valence electrons. The van der Waals surface area contributed by atoms with Gasteiger partial charge in [0.05, 0.1) is 4.90 Å². The molecule has 3 rings (SSSR count). The first-order valence-electron chi connectivity index (χ1n) is 7.48. The molecule has 0 atom stereocenters. The minimum Gasteiger partial charge on any atom is -0.478 e. The van der Waals surface area contributed by atoms with Crippen LogP contribution in [0.3, 0.4) is 0 Å². The molecule has 0 aliphatic carbocycles. The van der Waals surface area contributed by atoms with E-state index >= 15 is 0 Å². The van der Waals surface area contributed by atoms with Gasteiger partial charge in [-0.1, -0.05) is 17.7 Å². The summed E-state index contributed by atoms with van der Waals surface area (Å²) in [7, 11) is -3.75. The van der Waals surface area contributed by atoms with Gasteiger partial charge in [-0.2, -0.15) is 0 Å². The zero-order valence-electron chi connectivity index (χ0n) is 13.3. The van der Waals surface area contributed by atoms with Gasteiger partial charge in [0.1, 0.15) is 5.82 Å². The first-order valence-corrected chi connectivity index (χ1v) is 9.29. The highest BCUT2D eigenvalue weighted by Gasteiger charge is 2.32. The lowest BCUT2D eigenvalue weighted by atomic mass is 10.1. The predicted octanol–water partition coefficient (Wildman–Crippen LogP) is 2.97. The number of benzene rings is 1. The Balaban J connectivity index is 1.97. The lowest BCUT2D eigenvalue weighted by Crippen LogP contribution is -2.29. The Labute approximate surface area is 150 Å². The summed E-state index contributed by atoms with van der Waals surface area (Å²) in [6.45, 7) is 1.77. The van der Waals surface area contributed by atoms with Crippen molar-refractivity contribution in [2.45, 2.75) is 18.2 Å². The second-order valence-corrected chi connectivity index (χ2v) is 7.97. The molecule has 2 heterocycles. The SMILES string of the molecule is CC(=Cc1cnc2c(c1)CCN2S(=O)(=O)c1cccc(Cl)c1)C(=O)O. The number of fused-ring (bicyclic) bond motifs is 1. The first kappa shape index (κ1) is 17.4. The highest BCUT2D eigenvalue weighted by Crippen LogP contribution is 2.32. The number of aromatic nitrogens is 1. The smallest absolute Gasteiger partial charge is 0.331 e. The average molecular weight is 379 g/mol. The van der Waals surface area contributed by atoms with Crippen LogP contribution < -0.4 is 4.31 Å². The Morgan fingerprint density at radius 3 is 2.80 bits per heavy atom. The molecule has 1 aliphatic heterocycles. The number of hydrogen-bond acceptors (Lipinski definition) is 4. The number of carboxylic acid groups (broad SMARTS) is 1. The summed E-state index contributed by atoms with van der Waals surface area (Å²) < 4.78 is 26.9. The van der Waals surface area contributed by atoms with Crippen molar-refractivity contribution in [3.63, 3.8) is 0 Å². The van der Waals surface area contributed by atoms with Gasteiger partial charge in [-0.15, -0.1) is 0 Å².